The minimum atomic E-state index is -0.205. The van der Waals surface area contributed by atoms with Gasteiger partial charge >= 0.3 is 0 Å². The van der Waals surface area contributed by atoms with E-state index in [4.69, 9.17) is 16.0 Å². The van der Waals surface area contributed by atoms with Gasteiger partial charge in [0.15, 0.2) is 0 Å². The molecule has 2 aromatic rings. The quantitative estimate of drug-likeness (QED) is 0.864. The molecular formula is C15H17ClN4O2. The summed E-state index contributed by atoms with van der Waals surface area (Å²) in [7, 11) is 1.89. The molecule has 1 amide bonds. The van der Waals surface area contributed by atoms with Crippen molar-refractivity contribution >= 4 is 23.2 Å². The van der Waals surface area contributed by atoms with Crippen LogP contribution in [0.5, 0.6) is 0 Å². The van der Waals surface area contributed by atoms with Crippen LogP contribution in [0.2, 0.25) is 5.02 Å². The van der Waals surface area contributed by atoms with Crippen molar-refractivity contribution in [3.8, 4) is 0 Å². The molecule has 116 valence electrons. The van der Waals surface area contributed by atoms with E-state index in [1.54, 1.807) is 17.9 Å². The number of carbonyl (C=O) groups is 1. The SMILES string of the molecule is Cc1nnc(CN(C)C2CCN(c3ccccc3Cl)C2=O)o1. The maximum atomic E-state index is 12.7. The first kappa shape index (κ1) is 15.0. The van der Waals surface area contributed by atoms with Crippen molar-refractivity contribution in [2.45, 2.75) is 25.9 Å². The normalized spacial score (nSPS) is 18.5. The molecular weight excluding hydrogens is 304 g/mol. The maximum Gasteiger partial charge on any atom is 0.244 e. The number of nitrogens with zero attached hydrogens (tertiary/aromatic N) is 4. The standard InChI is InChI=1S/C15H17ClN4O2/c1-10-17-18-14(22-10)9-19(2)13-7-8-20(15(13)21)12-6-4-3-5-11(12)16/h3-6,13H,7-9H2,1-2H3. The number of aromatic nitrogens is 2. The fraction of sp³-hybridized carbons (Fsp3) is 0.400. The summed E-state index contributed by atoms with van der Waals surface area (Å²) in [4.78, 5) is 16.3. The van der Waals surface area contributed by atoms with Crippen LogP contribution in [-0.2, 0) is 11.3 Å². The van der Waals surface area contributed by atoms with Gasteiger partial charge in [-0.05, 0) is 25.6 Å². The number of rotatable bonds is 4. The van der Waals surface area contributed by atoms with E-state index >= 15 is 0 Å². The Balaban J connectivity index is 1.72. The average molecular weight is 321 g/mol. The van der Waals surface area contributed by atoms with Gasteiger partial charge in [0, 0.05) is 13.5 Å². The Hall–Kier alpha value is -1.92. The minimum Gasteiger partial charge on any atom is -0.424 e. The monoisotopic (exact) mass is 320 g/mol. The molecule has 0 N–H and O–H groups in total. The third kappa shape index (κ3) is 2.84. The van der Waals surface area contributed by atoms with E-state index in [1.807, 2.05) is 30.1 Å². The smallest absolute Gasteiger partial charge is 0.244 e. The van der Waals surface area contributed by atoms with E-state index in [-0.39, 0.29) is 11.9 Å². The molecule has 1 aliphatic heterocycles. The van der Waals surface area contributed by atoms with E-state index in [2.05, 4.69) is 10.2 Å². The topological polar surface area (TPSA) is 62.5 Å². The Labute approximate surface area is 133 Å². The second-order valence-corrected chi connectivity index (χ2v) is 5.78. The van der Waals surface area contributed by atoms with Gasteiger partial charge in [0.2, 0.25) is 17.7 Å². The summed E-state index contributed by atoms with van der Waals surface area (Å²) in [6.07, 6.45) is 0.744. The highest BCUT2D eigenvalue weighted by Gasteiger charge is 2.36. The van der Waals surface area contributed by atoms with Gasteiger partial charge in [-0.1, -0.05) is 23.7 Å². The number of para-hydroxylation sites is 1. The highest BCUT2D eigenvalue weighted by atomic mass is 35.5. The van der Waals surface area contributed by atoms with Crippen LogP contribution in [-0.4, -0.2) is 40.6 Å². The number of likely N-dealkylation sites (N-methyl/N-ethyl adjacent to an activating group) is 1. The van der Waals surface area contributed by atoms with Crippen LogP contribution in [0, 0.1) is 6.92 Å². The van der Waals surface area contributed by atoms with Gasteiger partial charge in [-0.15, -0.1) is 10.2 Å². The Morgan fingerprint density at radius 1 is 1.41 bits per heavy atom. The van der Waals surface area contributed by atoms with Gasteiger partial charge in [-0.2, -0.15) is 0 Å². The molecule has 6 nitrogen and oxygen atoms in total. The zero-order valence-corrected chi connectivity index (χ0v) is 13.2. The summed E-state index contributed by atoms with van der Waals surface area (Å²) in [5.41, 5.74) is 0.763. The number of aryl methyl sites for hydroxylation is 1. The molecule has 0 aliphatic carbocycles. The lowest BCUT2D eigenvalue weighted by atomic mass is 10.2. The fourth-order valence-corrected chi connectivity index (χ4v) is 2.95. The second-order valence-electron chi connectivity index (χ2n) is 5.38. The fourth-order valence-electron chi connectivity index (χ4n) is 2.71. The molecule has 0 spiro atoms. The van der Waals surface area contributed by atoms with Crippen LogP contribution in [0.3, 0.4) is 0 Å². The molecule has 1 saturated heterocycles. The molecule has 1 aromatic heterocycles. The predicted molar refractivity (Wildman–Crippen MR) is 82.7 cm³/mol. The Morgan fingerprint density at radius 2 is 2.18 bits per heavy atom. The van der Waals surface area contributed by atoms with Crippen molar-refractivity contribution in [1.82, 2.24) is 15.1 Å². The largest absolute Gasteiger partial charge is 0.424 e. The van der Waals surface area contributed by atoms with Crippen molar-refractivity contribution in [3.05, 3.63) is 41.1 Å². The maximum absolute atomic E-state index is 12.7. The lowest BCUT2D eigenvalue weighted by Gasteiger charge is -2.22. The Bertz CT molecular complexity index is 688. The van der Waals surface area contributed by atoms with E-state index in [9.17, 15) is 4.79 Å². The van der Waals surface area contributed by atoms with Gasteiger partial charge in [0.1, 0.15) is 0 Å². The van der Waals surface area contributed by atoms with Crippen molar-refractivity contribution in [1.29, 1.82) is 0 Å². The summed E-state index contributed by atoms with van der Waals surface area (Å²) >= 11 is 6.19. The van der Waals surface area contributed by atoms with E-state index in [0.29, 0.717) is 29.9 Å². The van der Waals surface area contributed by atoms with Crippen LogP contribution in [0.1, 0.15) is 18.2 Å². The van der Waals surface area contributed by atoms with Crippen LogP contribution < -0.4 is 4.90 Å². The Kier molecular flexibility index (Phi) is 4.13. The molecule has 1 aliphatic rings. The molecule has 3 rings (SSSR count). The molecule has 1 atom stereocenters. The predicted octanol–water partition coefficient (Wildman–Crippen LogP) is 2.27. The second kappa shape index (κ2) is 6.06. The summed E-state index contributed by atoms with van der Waals surface area (Å²) in [6.45, 7) is 2.85. The molecule has 22 heavy (non-hydrogen) atoms. The van der Waals surface area contributed by atoms with Gasteiger partial charge in [-0.3, -0.25) is 9.69 Å². The van der Waals surface area contributed by atoms with Gasteiger partial charge < -0.3 is 9.32 Å². The van der Waals surface area contributed by atoms with Crippen molar-refractivity contribution in [3.63, 3.8) is 0 Å². The number of anilines is 1. The molecule has 1 aromatic carbocycles. The molecule has 0 bridgehead atoms. The molecule has 0 radical (unpaired) electrons. The molecule has 0 saturated carbocycles. The van der Waals surface area contributed by atoms with Crippen molar-refractivity contribution in [2.24, 2.45) is 0 Å². The summed E-state index contributed by atoms with van der Waals surface area (Å²) in [6, 6.07) is 7.19. The van der Waals surface area contributed by atoms with Crippen LogP contribution in [0.4, 0.5) is 5.69 Å². The first-order valence-corrected chi connectivity index (χ1v) is 7.49. The van der Waals surface area contributed by atoms with Crippen molar-refractivity contribution in [2.75, 3.05) is 18.5 Å². The number of carbonyl (C=O) groups excluding carboxylic acids is 1. The van der Waals surface area contributed by atoms with E-state index in [0.717, 1.165) is 12.1 Å². The minimum absolute atomic E-state index is 0.0480. The van der Waals surface area contributed by atoms with Gasteiger partial charge in [0.05, 0.1) is 23.3 Å². The summed E-state index contributed by atoms with van der Waals surface area (Å²) in [5.74, 6) is 1.09. The number of halogens is 1. The van der Waals surface area contributed by atoms with Crippen LogP contribution in [0.15, 0.2) is 28.7 Å². The van der Waals surface area contributed by atoms with Gasteiger partial charge in [0.25, 0.3) is 0 Å². The van der Waals surface area contributed by atoms with Crippen LogP contribution >= 0.6 is 11.6 Å². The van der Waals surface area contributed by atoms with E-state index in [1.165, 1.54) is 0 Å². The lowest BCUT2D eigenvalue weighted by molar-refractivity contribution is -0.121. The van der Waals surface area contributed by atoms with Crippen LogP contribution in [0.25, 0.3) is 0 Å². The Morgan fingerprint density at radius 3 is 2.86 bits per heavy atom. The first-order valence-electron chi connectivity index (χ1n) is 7.11. The third-order valence-electron chi connectivity index (χ3n) is 3.81. The molecule has 2 heterocycles. The molecule has 1 unspecified atom stereocenters. The number of benzene rings is 1. The number of amides is 1. The summed E-state index contributed by atoms with van der Waals surface area (Å²) in [5, 5.41) is 8.36. The highest BCUT2D eigenvalue weighted by molar-refractivity contribution is 6.33. The molecule has 1 fully saturated rings. The zero-order chi connectivity index (χ0) is 15.7. The summed E-state index contributed by atoms with van der Waals surface area (Å²) < 4.78 is 5.37. The lowest BCUT2D eigenvalue weighted by Crippen LogP contribution is -2.39. The average Bonchev–Trinajstić information content (AvgIpc) is 3.06. The highest BCUT2D eigenvalue weighted by Crippen LogP contribution is 2.30. The van der Waals surface area contributed by atoms with Crippen molar-refractivity contribution < 1.29 is 9.21 Å². The zero-order valence-electron chi connectivity index (χ0n) is 12.5. The first-order chi connectivity index (χ1) is 10.6. The third-order valence-corrected chi connectivity index (χ3v) is 4.12. The molecule has 7 heteroatoms. The number of hydrogen-bond acceptors (Lipinski definition) is 5. The number of hydrogen-bond donors (Lipinski definition) is 0. The van der Waals surface area contributed by atoms with E-state index < -0.39 is 0 Å². The van der Waals surface area contributed by atoms with Gasteiger partial charge in [-0.25, -0.2) is 0 Å².